The zero-order valence-corrected chi connectivity index (χ0v) is 12.7. The first-order valence-corrected chi connectivity index (χ1v) is 7.51. The number of carboxylic acid groups (broad SMARTS) is 1. The molecule has 1 unspecified atom stereocenters. The van der Waals surface area contributed by atoms with Gasteiger partial charge in [-0.05, 0) is 25.3 Å². The van der Waals surface area contributed by atoms with Gasteiger partial charge in [0.15, 0.2) is 0 Å². The summed E-state index contributed by atoms with van der Waals surface area (Å²) in [6.45, 7) is 1.88. The third-order valence-electron chi connectivity index (χ3n) is 4.56. The van der Waals surface area contributed by atoms with Gasteiger partial charge in [0.25, 0.3) is 0 Å². The van der Waals surface area contributed by atoms with Gasteiger partial charge >= 0.3 is 11.7 Å². The fraction of sp³-hybridized carbons (Fsp3) is 0.375. The molecule has 3 rings (SSSR count). The normalized spacial score (nSPS) is 16.7. The van der Waals surface area contributed by atoms with E-state index in [1.165, 1.54) is 6.20 Å². The lowest BCUT2D eigenvalue weighted by Crippen LogP contribution is -2.36. The van der Waals surface area contributed by atoms with Crippen molar-refractivity contribution in [1.82, 2.24) is 4.98 Å². The van der Waals surface area contributed by atoms with E-state index in [4.69, 9.17) is 0 Å². The van der Waals surface area contributed by atoms with Crippen molar-refractivity contribution in [3.63, 3.8) is 0 Å². The van der Waals surface area contributed by atoms with Gasteiger partial charge in [0, 0.05) is 11.4 Å². The molecule has 0 aliphatic heterocycles. The van der Waals surface area contributed by atoms with E-state index in [1.54, 1.807) is 18.2 Å². The van der Waals surface area contributed by atoms with Gasteiger partial charge in [-0.25, -0.2) is 4.98 Å². The first-order valence-electron chi connectivity index (χ1n) is 7.51. The summed E-state index contributed by atoms with van der Waals surface area (Å²) in [5, 5.41) is 24.6. The number of benzene rings is 1. The molecule has 1 aromatic carbocycles. The van der Waals surface area contributed by atoms with Crippen LogP contribution in [0.15, 0.2) is 30.5 Å². The van der Waals surface area contributed by atoms with E-state index in [2.05, 4.69) is 10.3 Å². The van der Waals surface area contributed by atoms with Crippen LogP contribution in [0.2, 0.25) is 0 Å². The van der Waals surface area contributed by atoms with Crippen LogP contribution in [-0.4, -0.2) is 27.0 Å². The smallest absolute Gasteiger partial charge is 0.311 e. The standard InChI is InChI=1S/C16H17N3O4/c1-2-13(16(7-8-16)15(20)21)18-14-10-5-3-4-6-11(10)17-9-12(14)19(22)23/h3-6,9,13H,2,7-8H2,1H3,(H,17,18)(H,20,21). The van der Waals surface area contributed by atoms with Crippen LogP contribution in [0.3, 0.4) is 0 Å². The Balaban J connectivity index is 2.09. The molecule has 2 N–H and O–H groups in total. The minimum Gasteiger partial charge on any atom is -0.481 e. The maximum absolute atomic E-state index is 11.6. The zero-order chi connectivity index (χ0) is 16.6. The Labute approximate surface area is 132 Å². The molecule has 1 heterocycles. The number of rotatable bonds is 6. The molecule has 0 amide bonds. The number of carbonyl (C=O) groups is 1. The summed E-state index contributed by atoms with van der Waals surface area (Å²) < 4.78 is 0. The lowest BCUT2D eigenvalue weighted by atomic mass is 9.93. The number of nitrogens with zero attached hydrogens (tertiary/aromatic N) is 2. The van der Waals surface area contributed by atoms with Gasteiger partial charge in [-0.3, -0.25) is 14.9 Å². The van der Waals surface area contributed by atoms with Gasteiger partial charge < -0.3 is 10.4 Å². The molecule has 7 nitrogen and oxygen atoms in total. The van der Waals surface area contributed by atoms with Gasteiger partial charge in [0.1, 0.15) is 11.9 Å². The van der Waals surface area contributed by atoms with Crippen LogP contribution in [0.1, 0.15) is 26.2 Å². The Bertz CT molecular complexity index is 786. The van der Waals surface area contributed by atoms with Crippen LogP contribution in [0, 0.1) is 15.5 Å². The predicted molar refractivity (Wildman–Crippen MR) is 85.4 cm³/mol. The number of fused-ring (bicyclic) bond motifs is 1. The molecule has 1 saturated carbocycles. The van der Waals surface area contributed by atoms with Crippen molar-refractivity contribution in [1.29, 1.82) is 0 Å². The number of hydrogen-bond acceptors (Lipinski definition) is 5. The molecule has 7 heteroatoms. The fourth-order valence-electron chi connectivity index (χ4n) is 3.07. The van der Waals surface area contributed by atoms with Crippen molar-refractivity contribution in [2.75, 3.05) is 5.32 Å². The van der Waals surface area contributed by atoms with E-state index in [9.17, 15) is 20.0 Å². The van der Waals surface area contributed by atoms with E-state index in [0.717, 1.165) is 0 Å². The molecule has 120 valence electrons. The third kappa shape index (κ3) is 2.48. The fourth-order valence-corrected chi connectivity index (χ4v) is 3.07. The van der Waals surface area contributed by atoms with Gasteiger partial charge in [-0.1, -0.05) is 25.1 Å². The summed E-state index contributed by atoms with van der Waals surface area (Å²) in [4.78, 5) is 26.5. The van der Waals surface area contributed by atoms with E-state index < -0.39 is 16.3 Å². The number of anilines is 1. The van der Waals surface area contributed by atoms with Crippen molar-refractivity contribution in [2.24, 2.45) is 5.41 Å². The van der Waals surface area contributed by atoms with Crippen LogP contribution in [-0.2, 0) is 4.79 Å². The quantitative estimate of drug-likeness (QED) is 0.626. The minimum atomic E-state index is -0.849. The molecule has 0 spiro atoms. The molecule has 0 bridgehead atoms. The number of para-hydroxylation sites is 1. The second-order valence-corrected chi connectivity index (χ2v) is 5.86. The molecule has 1 atom stereocenters. The number of nitro groups is 1. The third-order valence-corrected chi connectivity index (χ3v) is 4.56. The number of pyridine rings is 1. The van der Waals surface area contributed by atoms with Crippen molar-refractivity contribution in [3.05, 3.63) is 40.6 Å². The second kappa shape index (κ2) is 5.49. The summed E-state index contributed by atoms with van der Waals surface area (Å²) in [5.74, 6) is -0.849. The average molecular weight is 315 g/mol. The van der Waals surface area contributed by atoms with Crippen molar-refractivity contribution in [3.8, 4) is 0 Å². The number of aliphatic carboxylic acids is 1. The highest BCUT2D eigenvalue weighted by molar-refractivity contribution is 5.96. The van der Waals surface area contributed by atoms with Gasteiger partial charge in [-0.15, -0.1) is 0 Å². The Hall–Kier alpha value is -2.70. The van der Waals surface area contributed by atoms with Crippen LogP contribution in [0.25, 0.3) is 10.9 Å². The average Bonchev–Trinajstić information content (AvgIpc) is 3.33. The molecule has 2 aromatic rings. The SMILES string of the molecule is CCC(Nc1c([N+](=O)[O-])cnc2ccccc12)C1(C(=O)O)CC1. The van der Waals surface area contributed by atoms with Crippen LogP contribution < -0.4 is 5.32 Å². The Morgan fingerprint density at radius 2 is 2.17 bits per heavy atom. The summed E-state index contributed by atoms with van der Waals surface area (Å²) in [6, 6.07) is 6.76. The maximum Gasteiger partial charge on any atom is 0.311 e. The maximum atomic E-state index is 11.6. The number of aromatic nitrogens is 1. The molecule has 0 saturated heterocycles. The molecule has 1 aromatic heterocycles. The molecular weight excluding hydrogens is 298 g/mol. The van der Waals surface area contributed by atoms with Crippen LogP contribution >= 0.6 is 0 Å². The van der Waals surface area contributed by atoms with E-state index >= 15 is 0 Å². The Morgan fingerprint density at radius 1 is 1.48 bits per heavy atom. The van der Waals surface area contributed by atoms with Crippen LogP contribution in [0.5, 0.6) is 0 Å². The summed E-state index contributed by atoms with van der Waals surface area (Å²) >= 11 is 0. The summed E-state index contributed by atoms with van der Waals surface area (Å²) in [6.07, 6.45) is 2.97. The molecule has 0 radical (unpaired) electrons. The predicted octanol–water partition coefficient (Wildman–Crippen LogP) is 3.20. The van der Waals surface area contributed by atoms with Crippen molar-refractivity contribution < 1.29 is 14.8 Å². The lowest BCUT2D eigenvalue weighted by molar-refractivity contribution is -0.384. The molecule has 1 aliphatic carbocycles. The lowest BCUT2D eigenvalue weighted by Gasteiger charge is -2.25. The second-order valence-electron chi connectivity index (χ2n) is 5.86. The molecule has 1 fully saturated rings. The van der Waals surface area contributed by atoms with Crippen LogP contribution in [0.4, 0.5) is 11.4 Å². The zero-order valence-electron chi connectivity index (χ0n) is 12.7. The van der Waals surface area contributed by atoms with Gasteiger partial charge in [0.2, 0.25) is 0 Å². The van der Waals surface area contributed by atoms with E-state index in [-0.39, 0.29) is 11.7 Å². The highest BCUT2D eigenvalue weighted by atomic mass is 16.6. The van der Waals surface area contributed by atoms with E-state index in [0.29, 0.717) is 35.9 Å². The molecular formula is C16H17N3O4. The monoisotopic (exact) mass is 315 g/mol. The summed E-state index contributed by atoms with van der Waals surface area (Å²) in [5.41, 5.74) is 0.0198. The van der Waals surface area contributed by atoms with E-state index in [1.807, 2.05) is 13.0 Å². The molecule has 23 heavy (non-hydrogen) atoms. The Morgan fingerprint density at radius 3 is 2.74 bits per heavy atom. The first kappa shape index (κ1) is 15.2. The van der Waals surface area contributed by atoms with Gasteiger partial charge in [-0.2, -0.15) is 0 Å². The largest absolute Gasteiger partial charge is 0.481 e. The number of carboxylic acids is 1. The Kier molecular flexibility index (Phi) is 3.63. The summed E-state index contributed by atoms with van der Waals surface area (Å²) in [7, 11) is 0. The highest BCUT2D eigenvalue weighted by Gasteiger charge is 2.55. The number of hydrogen-bond donors (Lipinski definition) is 2. The van der Waals surface area contributed by atoms with Crippen molar-refractivity contribution in [2.45, 2.75) is 32.2 Å². The highest BCUT2D eigenvalue weighted by Crippen LogP contribution is 2.51. The first-order chi connectivity index (χ1) is 11.0. The number of nitrogens with one attached hydrogen (secondary N) is 1. The molecule has 1 aliphatic rings. The topological polar surface area (TPSA) is 105 Å². The van der Waals surface area contributed by atoms with Crippen molar-refractivity contribution >= 4 is 28.2 Å². The van der Waals surface area contributed by atoms with Gasteiger partial charge in [0.05, 0.1) is 15.9 Å². The minimum absolute atomic E-state index is 0.136.